The second-order valence-corrected chi connectivity index (χ2v) is 6.54. The van der Waals surface area contributed by atoms with Crippen LogP contribution in [0.2, 0.25) is 0 Å². The van der Waals surface area contributed by atoms with Crippen molar-refractivity contribution in [3.63, 3.8) is 0 Å². The van der Waals surface area contributed by atoms with Gasteiger partial charge in [0, 0.05) is 16.7 Å². The zero-order valence-electron chi connectivity index (χ0n) is 12.8. The summed E-state index contributed by atoms with van der Waals surface area (Å²) in [5, 5.41) is 13.2. The largest absolute Gasteiger partial charge is 0.389 e. The zero-order valence-corrected chi connectivity index (χ0v) is 14.4. The minimum absolute atomic E-state index is 0.190. The summed E-state index contributed by atoms with van der Waals surface area (Å²) in [5.41, 5.74) is 2.17. The van der Waals surface area contributed by atoms with Gasteiger partial charge in [-0.2, -0.15) is 0 Å². The Morgan fingerprint density at radius 1 is 1.30 bits per heavy atom. The molecule has 0 bridgehead atoms. The van der Waals surface area contributed by atoms with Gasteiger partial charge < -0.3 is 15.2 Å². The fourth-order valence-corrected chi connectivity index (χ4v) is 2.48. The number of benzene rings is 1. The molecular formula is C16H26BrNO2. The highest BCUT2D eigenvalue weighted by molar-refractivity contribution is 9.10. The first-order valence-electron chi connectivity index (χ1n) is 7.18. The summed E-state index contributed by atoms with van der Waals surface area (Å²) in [4.78, 5) is 0. The monoisotopic (exact) mass is 343 g/mol. The van der Waals surface area contributed by atoms with Crippen LogP contribution in [-0.4, -0.2) is 30.5 Å². The third-order valence-electron chi connectivity index (χ3n) is 3.10. The Hall–Kier alpha value is -0.580. The van der Waals surface area contributed by atoms with Crippen molar-refractivity contribution >= 4 is 21.6 Å². The first kappa shape index (κ1) is 17.5. The maximum Gasteiger partial charge on any atom is 0.0945 e. The topological polar surface area (TPSA) is 41.5 Å². The number of aliphatic hydroxyl groups excluding tert-OH is 1. The Morgan fingerprint density at radius 2 is 2.00 bits per heavy atom. The van der Waals surface area contributed by atoms with E-state index in [2.05, 4.69) is 42.0 Å². The van der Waals surface area contributed by atoms with E-state index in [4.69, 9.17) is 4.74 Å². The molecule has 3 nitrogen and oxygen atoms in total. The van der Waals surface area contributed by atoms with Crippen molar-refractivity contribution in [3.05, 3.63) is 28.2 Å². The van der Waals surface area contributed by atoms with Crippen LogP contribution >= 0.6 is 15.9 Å². The van der Waals surface area contributed by atoms with Crippen molar-refractivity contribution < 1.29 is 9.84 Å². The van der Waals surface area contributed by atoms with Crippen molar-refractivity contribution in [3.8, 4) is 0 Å². The number of aliphatic hydroxyl groups is 1. The summed E-state index contributed by atoms with van der Waals surface area (Å²) in [7, 11) is 0. The SMILES string of the molecule is Cc1cccc(NCC(O)COC(C)CC(C)C)c1Br. The number of nitrogens with one attached hydrogen (secondary N) is 1. The maximum atomic E-state index is 9.95. The molecule has 0 aromatic heterocycles. The van der Waals surface area contributed by atoms with Crippen molar-refractivity contribution in [1.29, 1.82) is 0 Å². The van der Waals surface area contributed by atoms with Crippen molar-refractivity contribution in [1.82, 2.24) is 0 Å². The van der Waals surface area contributed by atoms with Gasteiger partial charge in [-0.1, -0.05) is 26.0 Å². The highest BCUT2D eigenvalue weighted by Gasteiger charge is 2.10. The van der Waals surface area contributed by atoms with E-state index >= 15 is 0 Å². The second kappa shape index (κ2) is 8.65. The predicted octanol–water partition coefficient (Wildman–Crippen LogP) is 3.98. The average molecular weight is 344 g/mol. The van der Waals surface area contributed by atoms with Crippen molar-refractivity contribution in [2.24, 2.45) is 5.92 Å². The molecule has 0 aliphatic carbocycles. The zero-order chi connectivity index (χ0) is 15.1. The molecule has 1 rings (SSSR count). The highest BCUT2D eigenvalue weighted by atomic mass is 79.9. The molecule has 0 aliphatic heterocycles. The molecule has 20 heavy (non-hydrogen) atoms. The van der Waals surface area contributed by atoms with Crippen LogP contribution in [0.5, 0.6) is 0 Å². The molecule has 2 atom stereocenters. The Balaban J connectivity index is 2.33. The molecule has 1 aromatic rings. The van der Waals surface area contributed by atoms with Gasteiger partial charge in [-0.15, -0.1) is 0 Å². The van der Waals surface area contributed by atoms with Gasteiger partial charge in [0.25, 0.3) is 0 Å². The lowest BCUT2D eigenvalue weighted by atomic mass is 10.1. The standard InChI is InChI=1S/C16H26BrNO2/c1-11(2)8-13(4)20-10-14(19)9-18-15-7-5-6-12(3)16(15)17/h5-7,11,13-14,18-19H,8-10H2,1-4H3. The molecule has 0 saturated carbocycles. The van der Waals surface area contributed by atoms with Gasteiger partial charge in [-0.25, -0.2) is 0 Å². The molecule has 1 aromatic carbocycles. The van der Waals surface area contributed by atoms with E-state index in [0.717, 1.165) is 16.6 Å². The molecule has 0 amide bonds. The summed E-state index contributed by atoms with van der Waals surface area (Å²) < 4.78 is 6.70. The summed E-state index contributed by atoms with van der Waals surface area (Å²) in [6.07, 6.45) is 0.705. The molecule has 0 heterocycles. The second-order valence-electron chi connectivity index (χ2n) is 5.74. The predicted molar refractivity (Wildman–Crippen MR) is 88.2 cm³/mol. The first-order valence-corrected chi connectivity index (χ1v) is 7.98. The first-order chi connectivity index (χ1) is 9.40. The van der Waals surface area contributed by atoms with Crippen molar-refractivity contribution in [2.45, 2.75) is 46.3 Å². The number of rotatable bonds is 8. The van der Waals surface area contributed by atoms with Gasteiger partial charge in [0.2, 0.25) is 0 Å². The normalized spacial score (nSPS) is 14.3. The molecule has 4 heteroatoms. The van der Waals surface area contributed by atoms with E-state index in [9.17, 15) is 5.11 Å². The van der Waals surface area contributed by atoms with Crippen LogP contribution in [0.15, 0.2) is 22.7 Å². The van der Waals surface area contributed by atoms with Crippen LogP contribution in [-0.2, 0) is 4.74 Å². The van der Waals surface area contributed by atoms with E-state index in [1.807, 2.05) is 25.1 Å². The number of ether oxygens (including phenoxy) is 1. The minimum Gasteiger partial charge on any atom is -0.389 e. The molecular weight excluding hydrogens is 318 g/mol. The van der Waals surface area contributed by atoms with E-state index < -0.39 is 6.10 Å². The van der Waals surface area contributed by atoms with Crippen LogP contribution < -0.4 is 5.32 Å². The van der Waals surface area contributed by atoms with Crippen LogP contribution in [0.3, 0.4) is 0 Å². The Labute approximate surface area is 130 Å². The Bertz CT molecular complexity index is 409. The molecule has 0 radical (unpaired) electrons. The molecule has 0 spiro atoms. The summed E-state index contributed by atoms with van der Waals surface area (Å²) in [6, 6.07) is 6.03. The maximum absolute atomic E-state index is 9.95. The van der Waals surface area contributed by atoms with E-state index in [1.165, 1.54) is 5.56 Å². The van der Waals surface area contributed by atoms with Crippen LogP contribution in [0, 0.1) is 12.8 Å². The summed E-state index contributed by atoms with van der Waals surface area (Å²) in [5.74, 6) is 0.614. The third kappa shape index (κ3) is 6.25. The fraction of sp³-hybridized carbons (Fsp3) is 0.625. The minimum atomic E-state index is -0.503. The van der Waals surface area contributed by atoms with Gasteiger partial charge >= 0.3 is 0 Å². The molecule has 0 saturated heterocycles. The molecule has 2 unspecified atom stereocenters. The smallest absolute Gasteiger partial charge is 0.0945 e. The lowest BCUT2D eigenvalue weighted by Gasteiger charge is -2.19. The fourth-order valence-electron chi connectivity index (χ4n) is 2.08. The number of aryl methyl sites for hydroxylation is 1. The van der Waals surface area contributed by atoms with Crippen molar-refractivity contribution in [2.75, 3.05) is 18.5 Å². The number of anilines is 1. The number of hydrogen-bond donors (Lipinski definition) is 2. The van der Waals surface area contributed by atoms with E-state index in [1.54, 1.807) is 0 Å². The highest BCUT2D eigenvalue weighted by Crippen LogP contribution is 2.25. The number of hydrogen-bond acceptors (Lipinski definition) is 3. The van der Waals surface area contributed by atoms with Gasteiger partial charge in [0.05, 0.1) is 18.8 Å². The van der Waals surface area contributed by atoms with Gasteiger partial charge in [-0.3, -0.25) is 0 Å². The lowest BCUT2D eigenvalue weighted by Crippen LogP contribution is -2.27. The average Bonchev–Trinajstić information content (AvgIpc) is 2.37. The van der Waals surface area contributed by atoms with Crippen LogP contribution in [0.4, 0.5) is 5.69 Å². The van der Waals surface area contributed by atoms with Gasteiger partial charge in [0.1, 0.15) is 0 Å². The van der Waals surface area contributed by atoms with Crippen LogP contribution in [0.25, 0.3) is 0 Å². The number of halogens is 1. The summed E-state index contributed by atoms with van der Waals surface area (Å²) in [6.45, 7) is 9.29. The Morgan fingerprint density at radius 3 is 2.65 bits per heavy atom. The lowest BCUT2D eigenvalue weighted by molar-refractivity contribution is -0.00444. The van der Waals surface area contributed by atoms with E-state index in [-0.39, 0.29) is 6.10 Å². The third-order valence-corrected chi connectivity index (χ3v) is 4.15. The van der Waals surface area contributed by atoms with Crippen LogP contribution in [0.1, 0.15) is 32.8 Å². The van der Waals surface area contributed by atoms with E-state index in [0.29, 0.717) is 19.1 Å². The van der Waals surface area contributed by atoms with Gasteiger partial charge in [-0.05, 0) is 53.7 Å². The molecule has 0 fully saturated rings. The molecule has 2 N–H and O–H groups in total. The summed E-state index contributed by atoms with van der Waals surface area (Å²) >= 11 is 3.54. The molecule has 114 valence electrons. The Kier molecular flexibility index (Phi) is 7.56. The molecule has 0 aliphatic rings. The van der Waals surface area contributed by atoms with Gasteiger partial charge in [0.15, 0.2) is 0 Å². The quantitative estimate of drug-likeness (QED) is 0.749.